The third-order valence-corrected chi connectivity index (χ3v) is 4.31. The number of nitrogens with one attached hydrogen (secondary N) is 3. The molecule has 0 aliphatic rings. The first-order valence-corrected chi connectivity index (χ1v) is 11.2. The Morgan fingerprint density at radius 2 is 1.17 bits per heavy atom. The van der Waals surface area contributed by atoms with Crippen LogP contribution in [0.25, 0.3) is 0 Å². The van der Waals surface area contributed by atoms with Gasteiger partial charge in [0.1, 0.15) is 11.2 Å². The Morgan fingerprint density at radius 1 is 0.686 bits per heavy atom. The van der Waals surface area contributed by atoms with Crippen LogP contribution in [0.1, 0.15) is 71.3 Å². The quantitative estimate of drug-likeness (QED) is 0.420. The maximum atomic E-state index is 13.0. The number of benzene rings is 2. The van der Waals surface area contributed by atoms with E-state index in [-0.39, 0.29) is 16.9 Å². The van der Waals surface area contributed by atoms with Crippen molar-refractivity contribution < 1.29 is 29.0 Å². The Labute approximate surface area is 206 Å². The Balaban J connectivity index is 2.34. The molecule has 0 aliphatic heterocycles. The van der Waals surface area contributed by atoms with E-state index in [0.717, 1.165) is 0 Å². The molecule has 190 valence electrons. The van der Waals surface area contributed by atoms with Crippen molar-refractivity contribution >= 4 is 35.2 Å². The lowest BCUT2D eigenvalue weighted by molar-refractivity contribution is 0.0625. The van der Waals surface area contributed by atoms with Crippen LogP contribution >= 0.6 is 0 Å². The van der Waals surface area contributed by atoms with Crippen LogP contribution in [0.3, 0.4) is 0 Å². The molecular weight excluding hydrogens is 450 g/mol. The molecule has 0 unspecified atom stereocenters. The normalized spacial score (nSPS) is 11.9. The van der Waals surface area contributed by atoms with E-state index >= 15 is 0 Å². The predicted molar refractivity (Wildman–Crippen MR) is 136 cm³/mol. The van der Waals surface area contributed by atoms with Crippen molar-refractivity contribution in [3.8, 4) is 0 Å². The zero-order chi connectivity index (χ0) is 26.6. The summed E-state index contributed by atoms with van der Waals surface area (Å²) in [6.07, 6.45) is -1.42. The molecule has 2 rings (SSSR count). The highest BCUT2D eigenvalue weighted by Crippen LogP contribution is 2.25. The lowest BCUT2D eigenvalue weighted by atomic mass is 9.98. The summed E-state index contributed by atoms with van der Waals surface area (Å²) in [5.74, 6) is -0.488. The third-order valence-electron chi connectivity index (χ3n) is 4.31. The summed E-state index contributed by atoms with van der Waals surface area (Å²) in [5.41, 5.74) is -0.776. The van der Waals surface area contributed by atoms with Crippen LogP contribution in [-0.4, -0.2) is 34.4 Å². The highest BCUT2D eigenvalue weighted by molar-refractivity contribution is 6.06. The van der Waals surface area contributed by atoms with Crippen LogP contribution in [0.15, 0.2) is 42.5 Å². The second-order valence-corrected chi connectivity index (χ2v) is 10.6. The molecule has 2 aromatic rings. The van der Waals surface area contributed by atoms with Crippen molar-refractivity contribution in [3.63, 3.8) is 0 Å². The van der Waals surface area contributed by atoms with Crippen LogP contribution in [0.5, 0.6) is 0 Å². The number of rotatable bonds is 5. The standard InChI is InChI=1S/C26H35N3O6/c1-24(2,3)34-22(31)28-19-12-16(13-20(15-19)29-23(32)35-25(4,5)6)21(30)27-18-11-9-10-17(14-18)26(7,8)33/h9-15,33H,1-8H3,(H,27,30)(H,28,31)(H,29,32). The van der Waals surface area contributed by atoms with Gasteiger partial charge in [-0.3, -0.25) is 15.4 Å². The van der Waals surface area contributed by atoms with Crippen LogP contribution < -0.4 is 16.0 Å². The fraction of sp³-hybridized carbons (Fsp3) is 0.423. The Hall–Kier alpha value is -3.59. The molecule has 0 radical (unpaired) electrons. The van der Waals surface area contributed by atoms with E-state index in [2.05, 4.69) is 16.0 Å². The van der Waals surface area contributed by atoms with Crippen molar-refractivity contribution in [2.75, 3.05) is 16.0 Å². The maximum absolute atomic E-state index is 13.0. The SMILES string of the molecule is CC(C)(C)OC(=O)Nc1cc(NC(=O)OC(C)(C)C)cc(C(=O)Nc2cccc(C(C)(C)O)c2)c1. The van der Waals surface area contributed by atoms with E-state index in [1.54, 1.807) is 79.7 Å². The highest BCUT2D eigenvalue weighted by Gasteiger charge is 2.20. The van der Waals surface area contributed by atoms with Crippen molar-refractivity contribution in [3.05, 3.63) is 53.6 Å². The molecular formula is C26H35N3O6. The van der Waals surface area contributed by atoms with Gasteiger partial charge in [0.15, 0.2) is 0 Å². The number of carbonyl (C=O) groups excluding carboxylic acids is 3. The Morgan fingerprint density at radius 3 is 1.60 bits per heavy atom. The number of amides is 3. The zero-order valence-electron chi connectivity index (χ0n) is 21.5. The largest absolute Gasteiger partial charge is 0.444 e. The summed E-state index contributed by atoms with van der Waals surface area (Å²) >= 11 is 0. The number of ether oxygens (including phenoxy) is 2. The van der Waals surface area contributed by atoms with Crippen LogP contribution in [0, 0.1) is 0 Å². The summed E-state index contributed by atoms with van der Waals surface area (Å²) in [7, 11) is 0. The molecule has 0 bridgehead atoms. The van der Waals surface area contributed by atoms with Gasteiger partial charge in [-0.05, 0) is 91.3 Å². The first-order chi connectivity index (χ1) is 15.9. The fourth-order valence-electron chi connectivity index (χ4n) is 2.93. The highest BCUT2D eigenvalue weighted by atomic mass is 16.6. The number of aliphatic hydroxyl groups is 1. The van der Waals surface area contributed by atoms with Crippen LogP contribution in [0.4, 0.5) is 26.7 Å². The molecule has 2 aromatic carbocycles. The lowest BCUT2D eigenvalue weighted by Crippen LogP contribution is -2.28. The van der Waals surface area contributed by atoms with Crippen LogP contribution in [-0.2, 0) is 15.1 Å². The van der Waals surface area contributed by atoms with Crippen molar-refractivity contribution in [1.29, 1.82) is 0 Å². The molecule has 4 N–H and O–H groups in total. The monoisotopic (exact) mass is 485 g/mol. The molecule has 9 nitrogen and oxygen atoms in total. The minimum absolute atomic E-state index is 0.165. The van der Waals surface area contributed by atoms with E-state index < -0.39 is 34.9 Å². The number of hydrogen-bond donors (Lipinski definition) is 4. The molecule has 0 aliphatic carbocycles. The van der Waals surface area contributed by atoms with Gasteiger partial charge in [0.25, 0.3) is 5.91 Å². The van der Waals surface area contributed by atoms with Gasteiger partial charge in [0.05, 0.1) is 5.60 Å². The lowest BCUT2D eigenvalue weighted by Gasteiger charge is -2.21. The van der Waals surface area contributed by atoms with Gasteiger partial charge in [-0.15, -0.1) is 0 Å². The van der Waals surface area contributed by atoms with Gasteiger partial charge in [-0.2, -0.15) is 0 Å². The summed E-state index contributed by atoms with van der Waals surface area (Å²) in [5, 5.41) is 18.2. The van der Waals surface area contributed by atoms with E-state index in [4.69, 9.17) is 9.47 Å². The van der Waals surface area contributed by atoms with E-state index in [1.807, 2.05) is 0 Å². The molecule has 35 heavy (non-hydrogen) atoms. The maximum Gasteiger partial charge on any atom is 0.412 e. The first-order valence-electron chi connectivity index (χ1n) is 11.2. The van der Waals surface area contributed by atoms with E-state index in [1.165, 1.54) is 18.2 Å². The molecule has 0 saturated carbocycles. The first kappa shape index (κ1) is 27.7. The van der Waals surface area contributed by atoms with E-state index in [0.29, 0.717) is 11.3 Å². The average molecular weight is 486 g/mol. The second kappa shape index (κ2) is 10.4. The number of carbonyl (C=O) groups is 3. The topological polar surface area (TPSA) is 126 Å². The minimum Gasteiger partial charge on any atom is -0.444 e. The van der Waals surface area contributed by atoms with Gasteiger partial charge in [-0.25, -0.2) is 9.59 Å². The Kier molecular flexibility index (Phi) is 8.18. The molecule has 0 fully saturated rings. The molecule has 0 spiro atoms. The molecule has 0 atom stereocenters. The summed E-state index contributed by atoms with van der Waals surface area (Å²) in [6.45, 7) is 13.7. The molecule has 9 heteroatoms. The average Bonchev–Trinajstić information content (AvgIpc) is 2.64. The molecule has 3 amide bonds. The molecule has 0 heterocycles. The number of anilines is 3. The van der Waals surface area contributed by atoms with Crippen molar-refractivity contribution in [1.82, 2.24) is 0 Å². The molecule has 0 aromatic heterocycles. The van der Waals surface area contributed by atoms with Gasteiger partial charge >= 0.3 is 12.2 Å². The van der Waals surface area contributed by atoms with Gasteiger partial charge in [0.2, 0.25) is 0 Å². The summed E-state index contributed by atoms with van der Waals surface area (Å²) in [6, 6.07) is 11.2. The van der Waals surface area contributed by atoms with Gasteiger partial charge < -0.3 is 19.9 Å². The summed E-state index contributed by atoms with van der Waals surface area (Å²) < 4.78 is 10.6. The Bertz CT molecular complexity index is 1040. The zero-order valence-corrected chi connectivity index (χ0v) is 21.5. The summed E-state index contributed by atoms with van der Waals surface area (Å²) in [4.78, 5) is 37.6. The minimum atomic E-state index is -1.08. The van der Waals surface area contributed by atoms with Crippen LogP contribution in [0.2, 0.25) is 0 Å². The van der Waals surface area contributed by atoms with E-state index in [9.17, 15) is 19.5 Å². The smallest absolute Gasteiger partial charge is 0.412 e. The van der Waals surface area contributed by atoms with Crippen molar-refractivity contribution in [2.24, 2.45) is 0 Å². The van der Waals surface area contributed by atoms with Gasteiger partial charge in [0, 0.05) is 22.6 Å². The third kappa shape index (κ3) is 9.66. The predicted octanol–water partition coefficient (Wildman–Crippen LogP) is 5.86. The molecule has 0 saturated heterocycles. The fourth-order valence-corrected chi connectivity index (χ4v) is 2.93. The number of hydrogen-bond acceptors (Lipinski definition) is 6. The second-order valence-electron chi connectivity index (χ2n) is 10.6. The van der Waals surface area contributed by atoms with Crippen molar-refractivity contribution in [2.45, 2.75) is 72.2 Å². The van der Waals surface area contributed by atoms with Gasteiger partial charge in [-0.1, -0.05) is 12.1 Å².